The molecule has 18 heteroatoms. The highest BCUT2D eigenvalue weighted by molar-refractivity contribution is 7.89. The highest BCUT2D eigenvalue weighted by atomic mass is 32.2. The fourth-order valence-electron chi connectivity index (χ4n) is 9.75. The largest absolute Gasteiger partial charge is 0.441 e. The number of H-pyrrole nitrogens is 4. The lowest BCUT2D eigenvalue weighted by Gasteiger charge is -2.02. The van der Waals surface area contributed by atoms with E-state index in [2.05, 4.69) is 146 Å². The van der Waals surface area contributed by atoms with Crippen LogP contribution in [0.3, 0.4) is 0 Å². The van der Waals surface area contributed by atoms with Crippen LogP contribution in [-0.4, -0.2) is 93.2 Å². The van der Waals surface area contributed by atoms with Crippen molar-refractivity contribution in [3.63, 3.8) is 0 Å². The molecule has 0 saturated carbocycles. The molecule has 0 aliphatic carbocycles. The Morgan fingerprint density at radius 2 is 0.581 bits per heavy atom. The molecule has 0 aliphatic heterocycles. The first kappa shape index (κ1) is 102. The van der Waals surface area contributed by atoms with Crippen molar-refractivity contribution in [1.82, 2.24) is 34.9 Å². The van der Waals surface area contributed by atoms with Gasteiger partial charge in [-0.25, -0.2) is 38.3 Å². The second kappa shape index (κ2) is 59.1. The number of carbonyl (C=O) groups excluding carboxylic acids is 4. The van der Waals surface area contributed by atoms with Crippen molar-refractivity contribution < 1.29 is 46.2 Å². The number of ketones is 4. The van der Waals surface area contributed by atoms with Gasteiger partial charge in [-0.1, -0.05) is 304 Å². The van der Waals surface area contributed by atoms with Crippen LogP contribution >= 0.6 is 0 Å². The van der Waals surface area contributed by atoms with Crippen molar-refractivity contribution in [3.8, 4) is 90.3 Å². The lowest BCUT2D eigenvalue weighted by molar-refractivity contribution is -0.349. The fraction of sp³-hybridized carbons (Fsp3) is 0.242. The van der Waals surface area contributed by atoms with Crippen LogP contribution in [0.25, 0.3) is 113 Å². The van der Waals surface area contributed by atoms with Gasteiger partial charge in [0.1, 0.15) is 61.3 Å². The molecule has 4 N–H and O–H groups in total. The number of rotatable bonds is 8. The molecule has 5 heterocycles. The number of aromatic nitrogens is 8. The molecule has 15 rings (SSSR count). The number of aromatic amines is 4. The number of sulfone groups is 1. The second-order valence-corrected chi connectivity index (χ2v) is 27.5. The number of Topliss-reactive ketones (excluding diaryl/α,β-unsaturated/α-hetero) is 4. The zero-order chi connectivity index (χ0) is 87.7. The highest BCUT2D eigenvalue weighted by Crippen LogP contribution is 2.34. The molecule has 0 atom stereocenters. The van der Waals surface area contributed by atoms with Gasteiger partial charge in [-0.3, -0.25) is 0 Å². The molecule has 0 fully saturated rings. The van der Waals surface area contributed by atoms with Gasteiger partial charge in [0, 0.05) is 86.6 Å². The lowest BCUT2D eigenvalue weighted by Crippen LogP contribution is -2.05. The molecular weight excluding hydrogens is 1480 g/mol. The number of aryl methyl sites for hydroxylation is 4. The number of fused-ring (bicyclic) bond motifs is 2. The molecule has 0 spiro atoms. The summed E-state index contributed by atoms with van der Waals surface area (Å²) >= 11 is 0. The van der Waals surface area contributed by atoms with E-state index in [9.17, 15) is 27.6 Å². The summed E-state index contributed by atoms with van der Waals surface area (Å²) in [6, 6.07) is 96.0. The first-order valence-corrected chi connectivity index (χ1v) is 41.3. The number of nitrogens with one attached hydrogen (secondary N) is 4. The smallest absolute Gasteiger partial charge is 0.285 e. The number of nitrogens with zero attached hydrogens (tertiary/aromatic N) is 4. The summed E-state index contributed by atoms with van der Waals surface area (Å²) in [7, 11) is 0.583. The summed E-state index contributed by atoms with van der Waals surface area (Å²) < 4.78 is 34.5. The summed E-state index contributed by atoms with van der Waals surface area (Å²) in [5, 5.41) is 0. The Labute approximate surface area is 695 Å². The van der Waals surface area contributed by atoms with E-state index in [1.165, 1.54) is 61.0 Å². The molecule has 0 unspecified atom stereocenters. The average molecular weight is 1600 g/mol. The molecule has 17 nitrogen and oxygen atoms in total. The minimum Gasteiger partial charge on any atom is -0.441 e. The third-order valence-corrected chi connectivity index (χ3v) is 13.9. The van der Waals surface area contributed by atoms with E-state index in [0.29, 0.717) is 11.8 Å². The number of benzene rings is 10. The molecular formula is C99H123N8O9S+. The van der Waals surface area contributed by atoms with Crippen LogP contribution in [0.2, 0.25) is 0 Å². The predicted molar refractivity (Wildman–Crippen MR) is 489 cm³/mol. The van der Waals surface area contributed by atoms with Crippen LogP contribution in [-0.2, 0) is 33.8 Å². The van der Waals surface area contributed by atoms with Crippen molar-refractivity contribution in [2.24, 2.45) is 0 Å². The molecule has 0 saturated heterocycles. The quantitative estimate of drug-likeness (QED) is 0.128. The van der Waals surface area contributed by atoms with E-state index >= 15 is 0 Å². The van der Waals surface area contributed by atoms with Crippen LogP contribution in [0.5, 0.6) is 0 Å². The van der Waals surface area contributed by atoms with Crippen molar-refractivity contribution in [3.05, 3.63) is 308 Å². The maximum absolute atomic E-state index is 9.63. The zero-order valence-electron chi connectivity index (χ0n) is 73.0. The van der Waals surface area contributed by atoms with Gasteiger partial charge in [0.25, 0.3) is 5.82 Å². The van der Waals surface area contributed by atoms with E-state index in [1.807, 2.05) is 257 Å². The maximum atomic E-state index is 9.63. The Hall–Kier alpha value is -12.6. The van der Waals surface area contributed by atoms with Gasteiger partial charge in [-0.2, -0.15) is 0 Å². The Bertz CT molecular complexity index is 4870. The summed E-state index contributed by atoms with van der Waals surface area (Å²) in [6.07, 6.45) is 2.32. The topological polar surface area (TPSA) is 251 Å². The van der Waals surface area contributed by atoms with Crippen molar-refractivity contribution >= 4 is 55.2 Å². The SMILES string of the molecule is CC.CC.CC.CC.CC(C)=O.CC(C)=O.CC(C)=O.CC(C)=O.COC.CS(C)(=O)=O.Cc1[nH]c(-c2ccc(-c3[nH]c(C)c(-c4ccccc4)[nH+]3)cc2)nc1-c1ccccc1.Cc1nc2cc(-c3ccc4oc(C)nc4c3)ccc2o1.c1ccc(-c2nc(-c3ccccc3)c(-c3ccccc3)[nH]2)cc1.c1ccccc1.c1ccccc1. The Balaban J connectivity index is 0.000000706. The van der Waals surface area contributed by atoms with E-state index in [-0.39, 0.29) is 23.1 Å². The van der Waals surface area contributed by atoms with Crippen molar-refractivity contribution in [2.75, 3.05) is 26.7 Å². The number of hydrogen-bond donors (Lipinski definition) is 3. The number of ether oxygens (including phenoxy) is 1. The van der Waals surface area contributed by atoms with E-state index < -0.39 is 9.84 Å². The van der Waals surface area contributed by atoms with Crippen LogP contribution in [0.4, 0.5) is 0 Å². The Kier molecular flexibility index (Phi) is 51.7. The lowest BCUT2D eigenvalue weighted by atomic mass is 10.0. The predicted octanol–water partition coefficient (Wildman–Crippen LogP) is 25.3. The number of oxazole rings is 2. The van der Waals surface area contributed by atoms with Crippen molar-refractivity contribution in [1.29, 1.82) is 0 Å². The van der Waals surface area contributed by atoms with Crippen LogP contribution < -0.4 is 4.98 Å². The Morgan fingerprint density at radius 1 is 0.325 bits per heavy atom. The summed E-state index contributed by atoms with van der Waals surface area (Å²) in [4.78, 5) is 70.2. The van der Waals surface area contributed by atoms with Crippen molar-refractivity contribution in [2.45, 2.75) is 138 Å². The molecule has 5 aromatic heterocycles. The van der Waals surface area contributed by atoms with Crippen LogP contribution in [0.15, 0.2) is 294 Å². The van der Waals surface area contributed by atoms with Gasteiger partial charge < -0.3 is 42.7 Å². The van der Waals surface area contributed by atoms with Gasteiger partial charge in [-0.05, 0) is 110 Å². The summed E-state index contributed by atoms with van der Waals surface area (Å²) in [5.41, 5.74) is 19.7. The van der Waals surface area contributed by atoms with Gasteiger partial charge in [-0.15, -0.1) is 0 Å². The van der Waals surface area contributed by atoms with E-state index in [1.54, 1.807) is 14.2 Å². The molecule has 0 amide bonds. The van der Waals surface area contributed by atoms with Crippen LogP contribution in [0, 0.1) is 27.7 Å². The van der Waals surface area contributed by atoms with Gasteiger partial charge >= 0.3 is 0 Å². The molecule has 117 heavy (non-hydrogen) atoms. The molecule has 0 aliphatic rings. The molecule has 15 aromatic rings. The Morgan fingerprint density at radius 3 is 0.923 bits per heavy atom. The summed E-state index contributed by atoms with van der Waals surface area (Å²) in [5.74, 6) is 4.80. The number of methoxy groups -OCH3 is 1. The average Bonchev–Trinajstić information content (AvgIpc) is 1.67. The normalized spacial score (nSPS) is 9.44. The molecule has 618 valence electrons. The monoisotopic (exact) mass is 1600 g/mol. The second-order valence-electron chi connectivity index (χ2n) is 25.2. The number of carbonyl (C=O) groups is 4. The molecule has 10 aromatic carbocycles. The van der Waals surface area contributed by atoms with E-state index in [4.69, 9.17) is 18.8 Å². The van der Waals surface area contributed by atoms with E-state index in [0.717, 1.165) is 131 Å². The van der Waals surface area contributed by atoms with Gasteiger partial charge in [0.2, 0.25) is 0 Å². The minimum atomic E-state index is -2.67. The maximum Gasteiger partial charge on any atom is 0.285 e. The third-order valence-electron chi connectivity index (χ3n) is 13.9. The third kappa shape index (κ3) is 41.8. The minimum absolute atomic E-state index is 0.167. The summed E-state index contributed by atoms with van der Waals surface area (Å²) in [6.45, 7) is 36.1. The number of hydrogen-bond acceptors (Lipinski definition) is 13. The molecule has 0 radical (unpaired) electrons. The fourth-order valence-corrected chi connectivity index (χ4v) is 9.75. The van der Waals surface area contributed by atoms with Gasteiger partial charge in [0.15, 0.2) is 28.6 Å². The zero-order valence-corrected chi connectivity index (χ0v) is 73.8. The van der Waals surface area contributed by atoms with Gasteiger partial charge in [0.05, 0.1) is 22.6 Å². The van der Waals surface area contributed by atoms with Crippen LogP contribution in [0.1, 0.15) is 134 Å². The standard InChI is InChI=1S/C26H22N4.C21H16N2.C16H12N2O2.2C6H6.4C3H6O.C2H6O2S.C2H6O.4C2H6/c1-17-23(19-9-5-3-6-10-19)29-25(27-17)21-13-15-22(16-14-21)26-28-18(2)24(30-26)20-11-7-4-8-12-20;1-4-10-16(11-5-1)19-20(17-12-6-2-7-13-17)23-21(22-19)18-14-8-3-9-15-18;1-9-17-13-7-11(3-5-15(13)19-9)12-4-6-16-14(8-12)18-10(2)20-16;2*1-2-4-6-5-3-1;4*1-3(2)4;1-5(2,3)4;1-3-2;4*1-2/h3-16H,1-2H3,(H,27,29)(H,28,30);1-15H,(H,22,23);3-8H,1-2H3;2*1-6H;4*1-2H3;1-2H3;1-2H3;4*1-2H3/p+1. The highest BCUT2D eigenvalue weighted by Gasteiger charge is 2.19. The molecule has 0 bridgehead atoms. The number of imidazole rings is 3. The first-order valence-electron chi connectivity index (χ1n) is 39.0. The first-order chi connectivity index (χ1) is 56.1.